The minimum Gasteiger partial charge on any atom is -0.398 e. The molecule has 0 spiro atoms. The van der Waals surface area contributed by atoms with Crippen molar-refractivity contribution in [3.63, 3.8) is 0 Å². The summed E-state index contributed by atoms with van der Waals surface area (Å²) in [5, 5.41) is 0.619. The Morgan fingerprint density at radius 3 is 2.05 bits per heavy atom. The zero-order chi connectivity index (χ0) is 14.3. The topological polar surface area (TPSA) is 18.5 Å². The maximum Gasteiger partial charge on any atom is 0.525 e. The van der Waals surface area contributed by atoms with Crippen LogP contribution in [0, 0.1) is 0 Å². The molecule has 2 rings (SSSR count). The van der Waals surface area contributed by atoms with E-state index in [0.717, 1.165) is 5.56 Å². The van der Waals surface area contributed by atoms with Gasteiger partial charge >= 0.3 is 7.12 Å². The fraction of sp³-hybridized carbons (Fsp3) is 0.429. The van der Waals surface area contributed by atoms with Crippen molar-refractivity contribution in [1.82, 2.24) is 0 Å². The van der Waals surface area contributed by atoms with Gasteiger partial charge in [0.1, 0.15) is 5.73 Å². The third kappa shape index (κ3) is 3.02. The fourth-order valence-corrected chi connectivity index (χ4v) is 1.87. The molecule has 0 radical (unpaired) electrons. The summed E-state index contributed by atoms with van der Waals surface area (Å²) in [5.41, 5.74) is -0.802. The molecular formula is C14H17BClFO2. The summed E-state index contributed by atoms with van der Waals surface area (Å²) in [5.74, 6) is 0. The van der Waals surface area contributed by atoms with Crippen molar-refractivity contribution in [2.24, 2.45) is 0 Å². The van der Waals surface area contributed by atoms with E-state index < -0.39 is 24.0 Å². The van der Waals surface area contributed by atoms with E-state index in [1.54, 1.807) is 24.3 Å². The molecule has 0 saturated carbocycles. The minimum absolute atomic E-state index is 0.444. The SMILES string of the molecule is CC1(C)OB(/C(F)=C/c2ccc(Cl)cc2)OC1(C)C. The van der Waals surface area contributed by atoms with E-state index in [0.29, 0.717) is 5.02 Å². The third-order valence-electron chi connectivity index (χ3n) is 3.65. The standard InChI is InChI=1S/C14H17BClFO2/c1-13(2)14(3,4)19-15(18-13)12(17)9-10-5-7-11(16)8-6-10/h5-9H,1-4H3/b12-9-. The molecule has 0 N–H and O–H groups in total. The van der Waals surface area contributed by atoms with Crippen molar-refractivity contribution in [3.05, 3.63) is 40.6 Å². The van der Waals surface area contributed by atoms with Crippen LogP contribution in [0.25, 0.3) is 6.08 Å². The van der Waals surface area contributed by atoms with Gasteiger partial charge in [0.2, 0.25) is 0 Å². The first-order valence-electron chi connectivity index (χ1n) is 6.20. The summed E-state index contributed by atoms with van der Waals surface area (Å²) >= 11 is 5.79. The van der Waals surface area contributed by atoms with E-state index in [1.165, 1.54) is 6.08 Å². The van der Waals surface area contributed by atoms with Gasteiger partial charge in [0.05, 0.1) is 11.2 Å². The molecule has 102 valence electrons. The van der Waals surface area contributed by atoms with Gasteiger partial charge in [-0.05, 0) is 51.5 Å². The molecule has 2 nitrogen and oxygen atoms in total. The van der Waals surface area contributed by atoms with E-state index in [9.17, 15) is 4.39 Å². The van der Waals surface area contributed by atoms with Gasteiger partial charge in [-0.25, -0.2) is 4.39 Å². The Kier molecular flexibility index (Phi) is 3.78. The Labute approximate surface area is 118 Å². The molecule has 19 heavy (non-hydrogen) atoms. The lowest BCUT2D eigenvalue weighted by Crippen LogP contribution is -2.41. The summed E-state index contributed by atoms with van der Waals surface area (Å²) in [6, 6.07) is 6.91. The summed E-state index contributed by atoms with van der Waals surface area (Å²) in [6.07, 6.45) is 1.40. The second-order valence-electron chi connectivity index (χ2n) is 5.67. The molecule has 0 aliphatic carbocycles. The summed E-state index contributed by atoms with van der Waals surface area (Å²) in [4.78, 5) is 0. The van der Waals surface area contributed by atoms with Crippen LogP contribution in [0.15, 0.2) is 30.0 Å². The summed E-state index contributed by atoms with van der Waals surface area (Å²) < 4.78 is 25.4. The number of benzene rings is 1. The van der Waals surface area contributed by atoms with Crippen molar-refractivity contribution in [3.8, 4) is 0 Å². The third-order valence-corrected chi connectivity index (χ3v) is 3.90. The molecule has 1 fully saturated rings. The van der Waals surface area contributed by atoms with Crippen LogP contribution in [0.5, 0.6) is 0 Å². The van der Waals surface area contributed by atoms with Gasteiger partial charge in [0.25, 0.3) is 0 Å². The molecule has 1 aliphatic heterocycles. The first kappa shape index (κ1) is 14.6. The molecule has 5 heteroatoms. The maximum absolute atomic E-state index is 14.2. The molecule has 1 saturated heterocycles. The predicted molar refractivity (Wildman–Crippen MR) is 76.6 cm³/mol. The second kappa shape index (κ2) is 4.93. The van der Waals surface area contributed by atoms with Gasteiger partial charge in [-0.1, -0.05) is 23.7 Å². The van der Waals surface area contributed by atoms with Crippen LogP contribution in [-0.4, -0.2) is 18.3 Å². The average Bonchev–Trinajstić information content (AvgIpc) is 2.51. The molecule has 0 atom stereocenters. The second-order valence-corrected chi connectivity index (χ2v) is 6.11. The Balaban J connectivity index is 2.17. The van der Waals surface area contributed by atoms with Crippen LogP contribution in [0.4, 0.5) is 4.39 Å². The smallest absolute Gasteiger partial charge is 0.398 e. The Morgan fingerprint density at radius 2 is 1.58 bits per heavy atom. The first-order valence-corrected chi connectivity index (χ1v) is 6.57. The van der Waals surface area contributed by atoms with Crippen LogP contribution in [0.2, 0.25) is 5.02 Å². The van der Waals surface area contributed by atoms with Crippen molar-refractivity contribution >= 4 is 24.8 Å². The van der Waals surface area contributed by atoms with E-state index >= 15 is 0 Å². The average molecular weight is 283 g/mol. The molecule has 1 heterocycles. The van der Waals surface area contributed by atoms with Crippen LogP contribution in [0.1, 0.15) is 33.3 Å². The number of rotatable bonds is 2. The van der Waals surface area contributed by atoms with E-state index in [4.69, 9.17) is 20.9 Å². The highest BCUT2D eigenvalue weighted by Crippen LogP contribution is 2.39. The van der Waals surface area contributed by atoms with E-state index in [1.807, 2.05) is 27.7 Å². The minimum atomic E-state index is -0.958. The summed E-state index contributed by atoms with van der Waals surface area (Å²) in [6.45, 7) is 7.57. The van der Waals surface area contributed by atoms with Crippen LogP contribution >= 0.6 is 11.6 Å². The molecule has 0 amide bonds. The fourth-order valence-electron chi connectivity index (χ4n) is 1.74. The molecule has 0 unspecified atom stereocenters. The van der Waals surface area contributed by atoms with Crippen molar-refractivity contribution in [2.45, 2.75) is 38.9 Å². The maximum atomic E-state index is 14.2. The molecular weight excluding hydrogens is 265 g/mol. The van der Waals surface area contributed by atoms with Crippen molar-refractivity contribution < 1.29 is 13.7 Å². The van der Waals surface area contributed by atoms with E-state index in [-0.39, 0.29) is 0 Å². The highest BCUT2D eigenvalue weighted by atomic mass is 35.5. The Morgan fingerprint density at radius 1 is 1.11 bits per heavy atom. The number of halogens is 2. The van der Waals surface area contributed by atoms with Gasteiger partial charge in [0, 0.05) is 5.02 Å². The number of hydrogen-bond acceptors (Lipinski definition) is 2. The zero-order valence-electron chi connectivity index (χ0n) is 11.5. The van der Waals surface area contributed by atoms with Crippen LogP contribution in [0.3, 0.4) is 0 Å². The summed E-state index contributed by atoms with van der Waals surface area (Å²) in [7, 11) is -0.958. The van der Waals surface area contributed by atoms with Gasteiger partial charge < -0.3 is 9.31 Å². The number of hydrogen-bond donors (Lipinski definition) is 0. The van der Waals surface area contributed by atoms with Gasteiger partial charge in [-0.3, -0.25) is 0 Å². The monoisotopic (exact) mass is 282 g/mol. The lowest BCUT2D eigenvalue weighted by Gasteiger charge is -2.32. The molecule has 0 aromatic heterocycles. The zero-order valence-corrected chi connectivity index (χ0v) is 12.3. The lowest BCUT2D eigenvalue weighted by atomic mass is 9.87. The lowest BCUT2D eigenvalue weighted by molar-refractivity contribution is 0.00578. The molecule has 1 aromatic rings. The Hall–Kier alpha value is -0.835. The van der Waals surface area contributed by atoms with E-state index in [2.05, 4.69) is 0 Å². The van der Waals surface area contributed by atoms with Gasteiger partial charge in [0.15, 0.2) is 0 Å². The van der Waals surface area contributed by atoms with Crippen molar-refractivity contribution in [1.29, 1.82) is 0 Å². The Bertz CT molecular complexity index is 481. The predicted octanol–water partition coefficient (Wildman–Crippen LogP) is 4.28. The van der Waals surface area contributed by atoms with Crippen molar-refractivity contribution in [2.75, 3.05) is 0 Å². The quantitative estimate of drug-likeness (QED) is 0.754. The van der Waals surface area contributed by atoms with Crippen LogP contribution in [-0.2, 0) is 9.31 Å². The first-order chi connectivity index (χ1) is 8.71. The molecule has 1 aromatic carbocycles. The van der Waals surface area contributed by atoms with Gasteiger partial charge in [-0.15, -0.1) is 0 Å². The normalized spacial score (nSPS) is 21.8. The molecule has 0 bridgehead atoms. The van der Waals surface area contributed by atoms with Gasteiger partial charge in [-0.2, -0.15) is 0 Å². The molecule has 1 aliphatic rings. The van der Waals surface area contributed by atoms with Crippen LogP contribution < -0.4 is 0 Å². The highest BCUT2D eigenvalue weighted by Gasteiger charge is 2.52. The highest BCUT2D eigenvalue weighted by molar-refractivity contribution is 6.54. The largest absolute Gasteiger partial charge is 0.525 e.